The van der Waals surface area contributed by atoms with Crippen molar-refractivity contribution in [1.82, 2.24) is 14.6 Å². The quantitative estimate of drug-likeness (QED) is 0.347. The highest BCUT2D eigenvalue weighted by molar-refractivity contribution is 5.70. The van der Waals surface area contributed by atoms with Crippen molar-refractivity contribution in [2.24, 2.45) is 0 Å². The highest BCUT2D eigenvalue weighted by Crippen LogP contribution is 2.41. The number of aliphatic hydroxyl groups excluding tert-OH is 1. The number of aromatic nitrogens is 3. The highest BCUT2D eigenvalue weighted by Gasteiger charge is 2.37. The summed E-state index contributed by atoms with van der Waals surface area (Å²) in [6.07, 6.45) is -7.70. The molecule has 2 aromatic heterocycles. The number of ether oxygens (including phenoxy) is 1. The van der Waals surface area contributed by atoms with Crippen LogP contribution in [0.15, 0.2) is 54.7 Å². The van der Waals surface area contributed by atoms with Gasteiger partial charge in [-0.05, 0) is 41.5 Å². The summed E-state index contributed by atoms with van der Waals surface area (Å²) in [5, 5.41) is 13.9. The maximum atomic E-state index is 15.3. The van der Waals surface area contributed by atoms with Gasteiger partial charge in [0.15, 0.2) is 17.2 Å². The SMILES string of the molecule is Nc1nc2cc(-c3ccc(C(F)(F)F)c(OCCC(F)C(O)c4ccc(F)cc4)c3F)ccn2n1. The standard InChI is InChI=1S/C23H18F6N4O2/c24-14-3-1-12(2-4-14)20(34)17(25)8-10-35-21-16(23(27,28)29)6-5-15(19(21)26)13-7-9-33-18(11-13)31-22(30)32-33/h1-7,9,11,17,20,34H,8,10H2,(H2,30,32). The average molecular weight is 496 g/mol. The van der Waals surface area contributed by atoms with Gasteiger partial charge in [-0.15, -0.1) is 5.10 Å². The van der Waals surface area contributed by atoms with Gasteiger partial charge in [0.25, 0.3) is 0 Å². The van der Waals surface area contributed by atoms with Gasteiger partial charge in [-0.2, -0.15) is 18.2 Å². The zero-order valence-corrected chi connectivity index (χ0v) is 17.8. The van der Waals surface area contributed by atoms with E-state index in [2.05, 4.69) is 10.1 Å². The number of halogens is 6. The van der Waals surface area contributed by atoms with Gasteiger partial charge in [0.1, 0.15) is 23.7 Å². The predicted octanol–water partition coefficient (Wildman–Crippen LogP) is 5.12. The summed E-state index contributed by atoms with van der Waals surface area (Å²) in [6, 6.07) is 8.83. The first kappa shape index (κ1) is 24.3. The van der Waals surface area contributed by atoms with Crippen molar-refractivity contribution in [3.05, 3.63) is 77.5 Å². The smallest absolute Gasteiger partial charge is 0.420 e. The Morgan fingerprint density at radius 3 is 2.46 bits per heavy atom. The number of hydrogen-bond acceptors (Lipinski definition) is 5. The van der Waals surface area contributed by atoms with Crippen molar-refractivity contribution < 1.29 is 36.2 Å². The minimum atomic E-state index is -4.94. The molecule has 0 amide bonds. The van der Waals surface area contributed by atoms with Gasteiger partial charge >= 0.3 is 6.18 Å². The van der Waals surface area contributed by atoms with Crippen LogP contribution >= 0.6 is 0 Å². The summed E-state index contributed by atoms with van der Waals surface area (Å²) in [6.45, 7) is -0.664. The first-order valence-corrected chi connectivity index (χ1v) is 10.3. The van der Waals surface area contributed by atoms with Crippen LogP contribution in [0.4, 0.5) is 32.3 Å². The Morgan fingerprint density at radius 2 is 1.77 bits per heavy atom. The molecular weight excluding hydrogens is 478 g/mol. The highest BCUT2D eigenvalue weighted by atomic mass is 19.4. The van der Waals surface area contributed by atoms with Gasteiger partial charge < -0.3 is 15.6 Å². The first-order chi connectivity index (χ1) is 16.5. The number of hydrogen-bond donors (Lipinski definition) is 2. The molecule has 6 nitrogen and oxygen atoms in total. The Morgan fingerprint density at radius 1 is 1.06 bits per heavy atom. The second kappa shape index (κ2) is 9.45. The number of alkyl halides is 4. The van der Waals surface area contributed by atoms with E-state index in [-0.39, 0.29) is 28.3 Å². The summed E-state index contributed by atoms with van der Waals surface area (Å²) in [5.41, 5.74) is 4.45. The Hall–Kier alpha value is -3.80. The van der Waals surface area contributed by atoms with Crippen molar-refractivity contribution in [2.75, 3.05) is 12.3 Å². The van der Waals surface area contributed by atoms with Crippen LogP contribution in [0.1, 0.15) is 23.7 Å². The van der Waals surface area contributed by atoms with Crippen molar-refractivity contribution in [1.29, 1.82) is 0 Å². The lowest BCUT2D eigenvalue weighted by Crippen LogP contribution is -2.18. The summed E-state index contributed by atoms with van der Waals surface area (Å²) in [7, 11) is 0. The number of nitrogens with two attached hydrogens (primary N) is 1. The summed E-state index contributed by atoms with van der Waals surface area (Å²) in [5.74, 6) is -3.02. The van der Waals surface area contributed by atoms with Crippen molar-refractivity contribution in [2.45, 2.75) is 24.9 Å². The summed E-state index contributed by atoms with van der Waals surface area (Å²) < 4.78 is 89.7. The van der Waals surface area contributed by atoms with Crippen LogP contribution < -0.4 is 10.5 Å². The molecule has 4 rings (SSSR count). The molecule has 0 aliphatic carbocycles. The van der Waals surface area contributed by atoms with Crippen molar-refractivity contribution in [3.8, 4) is 16.9 Å². The van der Waals surface area contributed by atoms with Crippen LogP contribution in [0.5, 0.6) is 5.75 Å². The number of benzene rings is 2. The van der Waals surface area contributed by atoms with Crippen LogP contribution in [0.25, 0.3) is 16.8 Å². The number of nitrogen functional groups attached to an aromatic ring is 1. The molecule has 0 aliphatic heterocycles. The number of nitrogens with zero attached hydrogens (tertiary/aromatic N) is 3. The van der Waals surface area contributed by atoms with E-state index in [0.29, 0.717) is 6.07 Å². The summed E-state index contributed by atoms with van der Waals surface area (Å²) in [4.78, 5) is 3.93. The van der Waals surface area contributed by atoms with Crippen LogP contribution in [-0.2, 0) is 6.18 Å². The minimum absolute atomic E-state index is 0.0392. The molecule has 184 valence electrons. The number of fused-ring (bicyclic) bond motifs is 1. The van der Waals surface area contributed by atoms with Gasteiger partial charge in [0.2, 0.25) is 5.95 Å². The normalized spacial score (nSPS) is 13.7. The molecule has 2 unspecified atom stereocenters. The second-order valence-electron chi connectivity index (χ2n) is 7.64. The maximum absolute atomic E-state index is 15.3. The Kier molecular flexibility index (Phi) is 6.57. The molecule has 3 N–H and O–H groups in total. The molecule has 0 radical (unpaired) electrons. The molecule has 0 saturated carbocycles. The molecule has 0 saturated heterocycles. The van der Waals surface area contributed by atoms with Crippen LogP contribution in [0.2, 0.25) is 0 Å². The molecule has 0 spiro atoms. The topological polar surface area (TPSA) is 85.7 Å². The second-order valence-corrected chi connectivity index (χ2v) is 7.64. The van der Waals surface area contributed by atoms with Gasteiger partial charge in [-0.3, -0.25) is 0 Å². The lowest BCUT2D eigenvalue weighted by molar-refractivity contribution is -0.139. The number of rotatable bonds is 7. The average Bonchev–Trinajstić information content (AvgIpc) is 3.18. The zero-order chi connectivity index (χ0) is 25.3. The van der Waals surface area contributed by atoms with Gasteiger partial charge in [-0.1, -0.05) is 18.2 Å². The molecule has 0 aliphatic rings. The molecule has 0 fully saturated rings. The van der Waals surface area contributed by atoms with Gasteiger partial charge in [0, 0.05) is 18.2 Å². The predicted molar refractivity (Wildman–Crippen MR) is 114 cm³/mol. The Labute approximate surface area is 194 Å². The van der Waals surface area contributed by atoms with Gasteiger partial charge in [-0.25, -0.2) is 17.7 Å². The molecule has 2 heterocycles. The van der Waals surface area contributed by atoms with Crippen molar-refractivity contribution in [3.63, 3.8) is 0 Å². The van der Waals surface area contributed by atoms with E-state index in [1.807, 2.05) is 0 Å². The maximum Gasteiger partial charge on any atom is 0.420 e. The third-order valence-corrected chi connectivity index (χ3v) is 5.26. The lowest BCUT2D eigenvalue weighted by Gasteiger charge is -2.19. The van der Waals surface area contributed by atoms with E-state index >= 15 is 4.39 Å². The fourth-order valence-corrected chi connectivity index (χ4v) is 3.51. The lowest BCUT2D eigenvalue weighted by atomic mass is 10.0. The monoisotopic (exact) mass is 496 g/mol. The van der Waals surface area contributed by atoms with E-state index < -0.39 is 54.4 Å². The van der Waals surface area contributed by atoms with Gasteiger partial charge in [0.05, 0.1) is 6.61 Å². The fraction of sp³-hybridized carbons (Fsp3) is 0.217. The van der Waals surface area contributed by atoms with Crippen LogP contribution in [-0.4, -0.2) is 32.5 Å². The minimum Gasteiger partial charge on any atom is -0.490 e. The number of pyridine rings is 1. The Balaban J connectivity index is 1.58. The number of anilines is 1. The Bertz CT molecular complexity index is 1340. The fourth-order valence-electron chi connectivity index (χ4n) is 3.51. The van der Waals surface area contributed by atoms with E-state index in [1.165, 1.54) is 35.0 Å². The van der Waals surface area contributed by atoms with Crippen LogP contribution in [0.3, 0.4) is 0 Å². The molecule has 0 bridgehead atoms. The first-order valence-electron chi connectivity index (χ1n) is 10.3. The molecular formula is C23H18F6N4O2. The summed E-state index contributed by atoms with van der Waals surface area (Å²) >= 11 is 0. The van der Waals surface area contributed by atoms with E-state index in [4.69, 9.17) is 10.5 Å². The van der Waals surface area contributed by atoms with E-state index in [0.717, 1.165) is 18.2 Å². The van der Waals surface area contributed by atoms with Crippen LogP contribution in [0, 0.1) is 11.6 Å². The third kappa shape index (κ3) is 5.16. The van der Waals surface area contributed by atoms with E-state index in [9.17, 15) is 27.1 Å². The molecule has 2 aromatic carbocycles. The molecule has 35 heavy (non-hydrogen) atoms. The molecule has 2 atom stereocenters. The number of aliphatic hydroxyl groups is 1. The third-order valence-electron chi connectivity index (χ3n) is 5.26. The largest absolute Gasteiger partial charge is 0.490 e. The zero-order valence-electron chi connectivity index (χ0n) is 17.8. The molecule has 4 aromatic rings. The molecule has 12 heteroatoms. The van der Waals surface area contributed by atoms with E-state index in [1.54, 1.807) is 0 Å². The van der Waals surface area contributed by atoms with Crippen molar-refractivity contribution >= 4 is 11.6 Å².